The summed E-state index contributed by atoms with van der Waals surface area (Å²) >= 11 is 0. The summed E-state index contributed by atoms with van der Waals surface area (Å²) in [5, 5.41) is 5.60. The molecular formula is C20H24N2O4. The van der Waals surface area contributed by atoms with Gasteiger partial charge < -0.3 is 20.1 Å². The number of carbonyl (C=O) groups excluding carboxylic acids is 2. The molecule has 26 heavy (non-hydrogen) atoms. The van der Waals surface area contributed by atoms with Gasteiger partial charge in [-0.05, 0) is 12.1 Å². The Morgan fingerprint density at radius 3 is 1.50 bits per heavy atom. The van der Waals surface area contributed by atoms with Crippen LogP contribution >= 0.6 is 0 Å². The van der Waals surface area contributed by atoms with Crippen molar-refractivity contribution in [1.82, 2.24) is 10.6 Å². The number of para-hydroxylation sites is 2. The molecule has 138 valence electrons. The molecule has 2 amide bonds. The molecule has 0 saturated carbocycles. The minimum Gasteiger partial charge on any atom is -0.496 e. The summed E-state index contributed by atoms with van der Waals surface area (Å²) < 4.78 is 10.5. The van der Waals surface area contributed by atoms with Crippen molar-refractivity contribution >= 4 is 11.8 Å². The van der Waals surface area contributed by atoms with Crippen LogP contribution in [0.25, 0.3) is 0 Å². The molecule has 6 nitrogen and oxygen atoms in total. The van der Waals surface area contributed by atoms with Crippen molar-refractivity contribution < 1.29 is 19.1 Å². The van der Waals surface area contributed by atoms with Crippen LogP contribution in [0.15, 0.2) is 48.5 Å². The van der Waals surface area contributed by atoms with Crippen LogP contribution in [-0.2, 0) is 22.7 Å². The Balaban J connectivity index is 1.72. The second-order valence-corrected chi connectivity index (χ2v) is 5.68. The number of rotatable bonds is 9. The van der Waals surface area contributed by atoms with Gasteiger partial charge in [-0.15, -0.1) is 0 Å². The van der Waals surface area contributed by atoms with E-state index in [1.807, 2.05) is 48.5 Å². The van der Waals surface area contributed by atoms with Gasteiger partial charge in [0.1, 0.15) is 11.5 Å². The van der Waals surface area contributed by atoms with Crippen LogP contribution in [0.2, 0.25) is 0 Å². The lowest BCUT2D eigenvalue weighted by Crippen LogP contribution is -2.27. The fourth-order valence-electron chi connectivity index (χ4n) is 2.49. The number of nitrogens with one attached hydrogen (secondary N) is 2. The van der Waals surface area contributed by atoms with Gasteiger partial charge in [0, 0.05) is 37.1 Å². The molecule has 6 heteroatoms. The van der Waals surface area contributed by atoms with Gasteiger partial charge in [0.05, 0.1) is 14.2 Å². The van der Waals surface area contributed by atoms with Gasteiger partial charge in [0.15, 0.2) is 0 Å². The monoisotopic (exact) mass is 356 g/mol. The molecule has 0 radical (unpaired) electrons. The highest BCUT2D eigenvalue weighted by Gasteiger charge is 2.09. The number of ether oxygens (including phenoxy) is 2. The number of benzene rings is 2. The zero-order chi connectivity index (χ0) is 18.8. The van der Waals surface area contributed by atoms with E-state index in [0.717, 1.165) is 22.6 Å². The molecule has 2 aromatic rings. The molecule has 2 rings (SSSR count). The van der Waals surface area contributed by atoms with Crippen molar-refractivity contribution in [3.63, 3.8) is 0 Å². The van der Waals surface area contributed by atoms with E-state index in [1.54, 1.807) is 14.2 Å². The highest BCUT2D eigenvalue weighted by atomic mass is 16.5. The number of carbonyl (C=O) groups is 2. The number of hydrogen-bond donors (Lipinski definition) is 2. The van der Waals surface area contributed by atoms with Crippen LogP contribution in [0, 0.1) is 0 Å². The molecule has 0 aromatic heterocycles. The molecular weight excluding hydrogens is 332 g/mol. The van der Waals surface area contributed by atoms with Crippen molar-refractivity contribution in [2.75, 3.05) is 14.2 Å². The van der Waals surface area contributed by atoms with Crippen LogP contribution in [0.3, 0.4) is 0 Å². The summed E-state index contributed by atoms with van der Waals surface area (Å²) in [6.07, 6.45) is 0.264. The van der Waals surface area contributed by atoms with Gasteiger partial charge in [-0.2, -0.15) is 0 Å². The molecule has 0 bridgehead atoms. The molecule has 0 saturated heterocycles. The van der Waals surface area contributed by atoms with Gasteiger partial charge in [-0.3, -0.25) is 9.59 Å². The van der Waals surface area contributed by atoms with Crippen LogP contribution in [0.4, 0.5) is 0 Å². The Morgan fingerprint density at radius 1 is 0.731 bits per heavy atom. The number of hydrogen-bond acceptors (Lipinski definition) is 4. The molecule has 0 aliphatic rings. The SMILES string of the molecule is COc1ccccc1CNC(=O)CCC(=O)NCc1ccccc1OC. The molecule has 0 atom stereocenters. The van der Waals surface area contributed by atoms with E-state index in [-0.39, 0.29) is 24.7 Å². The molecule has 0 aliphatic carbocycles. The molecule has 0 spiro atoms. The lowest BCUT2D eigenvalue weighted by atomic mass is 10.2. The predicted octanol–water partition coefficient (Wildman–Crippen LogP) is 2.42. The number of amides is 2. The second kappa shape index (κ2) is 10.1. The topological polar surface area (TPSA) is 76.7 Å². The van der Waals surface area contributed by atoms with Crippen molar-refractivity contribution in [2.45, 2.75) is 25.9 Å². The zero-order valence-corrected chi connectivity index (χ0v) is 15.1. The summed E-state index contributed by atoms with van der Waals surface area (Å²) in [7, 11) is 3.18. The average Bonchev–Trinajstić information content (AvgIpc) is 2.69. The van der Waals surface area contributed by atoms with Crippen LogP contribution in [0.5, 0.6) is 11.5 Å². The molecule has 0 unspecified atom stereocenters. The maximum absolute atomic E-state index is 11.9. The first-order chi connectivity index (χ1) is 12.6. The van der Waals surface area contributed by atoms with Crippen LogP contribution in [-0.4, -0.2) is 26.0 Å². The van der Waals surface area contributed by atoms with E-state index < -0.39 is 0 Å². The molecule has 0 aliphatic heterocycles. The summed E-state index contributed by atoms with van der Waals surface area (Å²) in [5.74, 6) is 1.09. The van der Waals surface area contributed by atoms with Crippen LogP contribution < -0.4 is 20.1 Å². The maximum Gasteiger partial charge on any atom is 0.220 e. The average molecular weight is 356 g/mol. The van der Waals surface area contributed by atoms with Crippen molar-refractivity contribution in [3.8, 4) is 11.5 Å². The third-order valence-electron chi connectivity index (χ3n) is 3.92. The first-order valence-corrected chi connectivity index (χ1v) is 8.41. The third-order valence-corrected chi connectivity index (χ3v) is 3.92. The Labute approximate surface area is 153 Å². The smallest absolute Gasteiger partial charge is 0.220 e. The maximum atomic E-state index is 11.9. The minimum atomic E-state index is -0.177. The van der Waals surface area contributed by atoms with Crippen molar-refractivity contribution in [2.24, 2.45) is 0 Å². The predicted molar refractivity (Wildman–Crippen MR) is 98.9 cm³/mol. The normalized spacial score (nSPS) is 10.1. The molecule has 0 heterocycles. The lowest BCUT2D eigenvalue weighted by molar-refractivity contribution is -0.126. The Morgan fingerprint density at radius 2 is 1.12 bits per heavy atom. The van der Waals surface area contributed by atoms with E-state index in [9.17, 15) is 9.59 Å². The van der Waals surface area contributed by atoms with Gasteiger partial charge in [0.25, 0.3) is 0 Å². The highest BCUT2D eigenvalue weighted by molar-refractivity contribution is 5.83. The van der Waals surface area contributed by atoms with Crippen LogP contribution in [0.1, 0.15) is 24.0 Å². The van der Waals surface area contributed by atoms with E-state index in [0.29, 0.717) is 13.1 Å². The fourth-order valence-corrected chi connectivity index (χ4v) is 2.49. The Kier molecular flexibility index (Phi) is 7.49. The lowest BCUT2D eigenvalue weighted by Gasteiger charge is -2.10. The van der Waals surface area contributed by atoms with Crippen molar-refractivity contribution in [1.29, 1.82) is 0 Å². The molecule has 2 N–H and O–H groups in total. The summed E-state index contributed by atoms with van der Waals surface area (Å²) in [4.78, 5) is 23.9. The van der Waals surface area contributed by atoms with E-state index in [2.05, 4.69) is 10.6 Å². The quantitative estimate of drug-likeness (QED) is 0.723. The van der Waals surface area contributed by atoms with Gasteiger partial charge in [0.2, 0.25) is 11.8 Å². The van der Waals surface area contributed by atoms with Crippen molar-refractivity contribution in [3.05, 3.63) is 59.7 Å². The third kappa shape index (κ3) is 5.81. The van der Waals surface area contributed by atoms with E-state index in [4.69, 9.17) is 9.47 Å². The highest BCUT2D eigenvalue weighted by Crippen LogP contribution is 2.17. The molecule has 2 aromatic carbocycles. The number of methoxy groups -OCH3 is 2. The second-order valence-electron chi connectivity index (χ2n) is 5.68. The summed E-state index contributed by atoms with van der Waals surface area (Å²) in [6.45, 7) is 0.733. The Hall–Kier alpha value is -3.02. The zero-order valence-electron chi connectivity index (χ0n) is 15.1. The summed E-state index contributed by atoms with van der Waals surface area (Å²) in [5.41, 5.74) is 1.79. The minimum absolute atomic E-state index is 0.132. The van der Waals surface area contributed by atoms with Gasteiger partial charge >= 0.3 is 0 Å². The first-order valence-electron chi connectivity index (χ1n) is 8.41. The first kappa shape index (κ1) is 19.3. The van der Waals surface area contributed by atoms with Gasteiger partial charge in [-0.1, -0.05) is 36.4 Å². The standard InChI is InChI=1S/C20H24N2O4/c1-25-17-9-5-3-7-15(17)13-21-19(23)11-12-20(24)22-14-16-8-4-6-10-18(16)26-2/h3-10H,11-14H2,1-2H3,(H,21,23)(H,22,24). The summed E-state index contributed by atoms with van der Waals surface area (Å²) in [6, 6.07) is 15.0. The van der Waals surface area contributed by atoms with E-state index in [1.165, 1.54) is 0 Å². The van der Waals surface area contributed by atoms with E-state index >= 15 is 0 Å². The van der Waals surface area contributed by atoms with Gasteiger partial charge in [-0.25, -0.2) is 0 Å². The Bertz CT molecular complexity index is 683. The largest absolute Gasteiger partial charge is 0.496 e. The fraction of sp³-hybridized carbons (Fsp3) is 0.300. The molecule has 0 fully saturated rings.